The van der Waals surface area contributed by atoms with Gasteiger partial charge in [0.2, 0.25) is 0 Å². The smallest absolute Gasteiger partial charge is 0.0700 e. The van der Waals surface area contributed by atoms with Crippen molar-refractivity contribution in [2.45, 2.75) is 52.0 Å². The molecule has 0 amide bonds. The Morgan fingerprint density at radius 1 is 1.06 bits per heavy atom. The van der Waals surface area contributed by atoms with Crippen molar-refractivity contribution in [3.8, 4) is 0 Å². The summed E-state index contributed by atoms with van der Waals surface area (Å²) >= 11 is 0. The van der Waals surface area contributed by atoms with Gasteiger partial charge in [0.05, 0.1) is 13.2 Å². The highest BCUT2D eigenvalue weighted by Gasteiger charge is 2.12. The van der Waals surface area contributed by atoms with E-state index in [-0.39, 0.29) is 0 Å². The lowest BCUT2D eigenvalue weighted by Crippen LogP contribution is -2.27. The van der Waals surface area contributed by atoms with Crippen molar-refractivity contribution in [3.63, 3.8) is 0 Å². The first-order valence-electron chi connectivity index (χ1n) is 7.18. The van der Waals surface area contributed by atoms with Gasteiger partial charge in [-0.05, 0) is 31.7 Å². The van der Waals surface area contributed by atoms with Gasteiger partial charge in [-0.15, -0.1) is 0 Å². The molecule has 0 saturated heterocycles. The van der Waals surface area contributed by atoms with Gasteiger partial charge in [-0.25, -0.2) is 0 Å². The third kappa shape index (κ3) is 8.58. The zero-order valence-electron chi connectivity index (χ0n) is 11.5. The Hall–Kier alpha value is -0.120. The maximum absolute atomic E-state index is 5.52. The minimum Gasteiger partial charge on any atom is -0.379 e. The molecule has 1 aliphatic carbocycles. The van der Waals surface area contributed by atoms with Crippen molar-refractivity contribution in [1.29, 1.82) is 0 Å². The molecule has 102 valence electrons. The van der Waals surface area contributed by atoms with Crippen LogP contribution in [0.25, 0.3) is 0 Å². The van der Waals surface area contributed by atoms with Gasteiger partial charge >= 0.3 is 0 Å². The number of ether oxygens (including phenoxy) is 2. The van der Waals surface area contributed by atoms with E-state index in [0.29, 0.717) is 5.92 Å². The van der Waals surface area contributed by atoms with Crippen LogP contribution in [0.3, 0.4) is 0 Å². The molecule has 0 unspecified atom stereocenters. The predicted molar refractivity (Wildman–Crippen MR) is 71.4 cm³/mol. The summed E-state index contributed by atoms with van der Waals surface area (Å²) in [6.45, 7) is 8.57. The lowest BCUT2D eigenvalue weighted by molar-refractivity contribution is 0.0370. The molecule has 3 heteroatoms. The van der Waals surface area contributed by atoms with E-state index in [0.717, 1.165) is 45.4 Å². The number of hydrogen-bond acceptors (Lipinski definition) is 3. The molecule has 0 aliphatic heterocycles. The molecule has 0 radical (unpaired) electrons. The SMILES string of the molecule is CC(C)COCCOCCCNC1CCCC1. The monoisotopic (exact) mass is 243 g/mol. The molecule has 1 saturated carbocycles. The van der Waals surface area contributed by atoms with Crippen molar-refractivity contribution in [2.24, 2.45) is 5.92 Å². The van der Waals surface area contributed by atoms with Crippen molar-refractivity contribution >= 4 is 0 Å². The summed E-state index contributed by atoms with van der Waals surface area (Å²) in [5.41, 5.74) is 0. The van der Waals surface area contributed by atoms with Crippen LogP contribution in [0.1, 0.15) is 46.0 Å². The highest BCUT2D eigenvalue weighted by molar-refractivity contribution is 4.72. The van der Waals surface area contributed by atoms with Crippen molar-refractivity contribution < 1.29 is 9.47 Å². The van der Waals surface area contributed by atoms with Crippen LogP contribution in [-0.4, -0.2) is 39.0 Å². The Morgan fingerprint density at radius 3 is 2.47 bits per heavy atom. The second-order valence-corrected chi connectivity index (χ2v) is 5.37. The maximum atomic E-state index is 5.52. The number of hydrogen-bond donors (Lipinski definition) is 1. The highest BCUT2D eigenvalue weighted by Crippen LogP contribution is 2.17. The molecular weight excluding hydrogens is 214 g/mol. The average Bonchev–Trinajstić information content (AvgIpc) is 2.79. The Labute approximate surface area is 106 Å². The van der Waals surface area contributed by atoms with Crippen LogP contribution in [0, 0.1) is 5.92 Å². The zero-order valence-corrected chi connectivity index (χ0v) is 11.5. The third-order valence-electron chi connectivity index (χ3n) is 3.08. The fourth-order valence-electron chi connectivity index (χ4n) is 2.15. The van der Waals surface area contributed by atoms with Crippen LogP contribution in [0.4, 0.5) is 0 Å². The molecule has 0 bridgehead atoms. The quantitative estimate of drug-likeness (QED) is 0.598. The van der Waals surface area contributed by atoms with Gasteiger partial charge in [0.15, 0.2) is 0 Å². The van der Waals surface area contributed by atoms with E-state index in [1.165, 1.54) is 25.7 Å². The second-order valence-electron chi connectivity index (χ2n) is 5.37. The van der Waals surface area contributed by atoms with E-state index in [9.17, 15) is 0 Å². The average molecular weight is 243 g/mol. The maximum Gasteiger partial charge on any atom is 0.0700 e. The number of nitrogens with one attached hydrogen (secondary N) is 1. The topological polar surface area (TPSA) is 30.5 Å². The first kappa shape index (κ1) is 14.9. The van der Waals surface area contributed by atoms with Crippen LogP contribution in [-0.2, 0) is 9.47 Å². The molecule has 0 aromatic heterocycles. The van der Waals surface area contributed by atoms with Crippen LogP contribution < -0.4 is 5.32 Å². The first-order chi connectivity index (χ1) is 8.29. The zero-order chi connectivity index (χ0) is 12.3. The van der Waals surface area contributed by atoms with E-state index in [4.69, 9.17) is 9.47 Å². The molecule has 1 fully saturated rings. The molecule has 17 heavy (non-hydrogen) atoms. The fraction of sp³-hybridized carbons (Fsp3) is 1.00. The van der Waals surface area contributed by atoms with Gasteiger partial charge in [0.25, 0.3) is 0 Å². The molecular formula is C14H29NO2. The summed E-state index contributed by atoms with van der Waals surface area (Å²) < 4.78 is 11.0. The summed E-state index contributed by atoms with van der Waals surface area (Å²) in [5.74, 6) is 0.616. The molecule has 0 heterocycles. The van der Waals surface area contributed by atoms with Gasteiger partial charge in [-0.3, -0.25) is 0 Å². The van der Waals surface area contributed by atoms with E-state index in [1.807, 2.05) is 0 Å². The van der Waals surface area contributed by atoms with Gasteiger partial charge in [0, 0.05) is 19.3 Å². The van der Waals surface area contributed by atoms with Crippen molar-refractivity contribution in [3.05, 3.63) is 0 Å². The normalized spacial score (nSPS) is 17.1. The van der Waals surface area contributed by atoms with E-state index in [1.54, 1.807) is 0 Å². The summed E-state index contributed by atoms with van der Waals surface area (Å²) in [6.07, 6.45) is 6.65. The molecule has 0 aromatic carbocycles. The summed E-state index contributed by atoms with van der Waals surface area (Å²) in [5, 5.41) is 3.59. The minimum atomic E-state index is 0.616. The Kier molecular flexibility index (Phi) is 8.67. The van der Waals surface area contributed by atoms with Crippen LogP contribution in [0.5, 0.6) is 0 Å². The summed E-state index contributed by atoms with van der Waals surface area (Å²) in [4.78, 5) is 0. The molecule has 0 atom stereocenters. The van der Waals surface area contributed by atoms with Gasteiger partial charge in [-0.2, -0.15) is 0 Å². The van der Waals surface area contributed by atoms with Crippen LogP contribution in [0.2, 0.25) is 0 Å². The second kappa shape index (κ2) is 9.86. The van der Waals surface area contributed by atoms with Gasteiger partial charge in [0.1, 0.15) is 0 Å². The Balaban J connectivity index is 1.72. The third-order valence-corrected chi connectivity index (χ3v) is 3.08. The standard InChI is InChI=1S/C14H29NO2/c1-13(2)12-17-11-10-16-9-5-8-15-14-6-3-4-7-14/h13-15H,3-12H2,1-2H3. The predicted octanol–water partition coefficient (Wildman–Crippen LogP) is 2.60. The Morgan fingerprint density at radius 2 is 1.76 bits per heavy atom. The summed E-state index contributed by atoms with van der Waals surface area (Å²) in [7, 11) is 0. The molecule has 0 aromatic rings. The molecule has 1 rings (SSSR count). The molecule has 1 aliphatic rings. The van der Waals surface area contributed by atoms with Crippen LogP contribution in [0.15, 0.2) is 0 Å². The van der Waals surface area contributed by atoms with E-state index < -0.39 is 0 Å². The lowest BCUT2D eigenvalue weighted by Gasteiger charge is -2.11. The molecule has 1 N–H and O–H groups in total. The Bertz CT molecular complexity index is 168. The van der Waals surface area contributed by atoms with Crippen molar-refractivity contribution in [1.82, 2.24) is 5.32 Å². The van der Waals surface area contributed by atoms with E-state index >= 15 is 0 Å². The largest absolute Gasteiger partial charge is 0.379 e. The van der Waals surface area contributed by atoms with E-state index in [2.05, 4.69) is 19.2 Å². The minimum absolute atomic E-state index is 0.616. The van der Waals surface area contributed by atoms with Gasteiger partial charge in [-0.1, -0.05) is 26.7 Å². The van der Waals surface area contributed by atoms with Crippen LogP contribution >= 0.6 is 0 Å². The first-order valence-corrected chi connectivity index (χ1v) is 7.18. The molecule has 3 nitrogen and oxygen atoms in total. The fourth-order valence-corrected chi connectivity index (χ4v) is 2.15. The summed E-state index contributed by atoms with van der Waals surface area (Å²) in [6, 6.07) is 0.782. The number of rotatable bonds is 10. The highest BCUT2D eigenvalue weighted by atomic mass is 16.5. The lowest BCUT2D eigenvalue weighted by atomic mass is 10.2. The van der Waals surface area contributed by atoms with Crippen molar-refractivity contribution in [2.75, 3.05) is 33.0 Å². The van der Waals surface area contributed by atoms with Gasteiger partial charge < -0.3 is 14.8 Å². The molecule has 0 spiro atoms.